The zero-order valence-electron chi connectivity index (χ0n) is 25.1. The lowest BCUT2D eigenvalue weighted by Gasteiger charge is -2.28. The fourth-order valence-corrected chi connectivity index (χ4v) is 7.75. The van der Waals surface area contributed by atoms with Crippen LogP contribution >= 0.6 is 0 Å². The number of carboxylic acid groups (broad SMARTS) is 1. The van der Waals surface area contributed by atoms with E-state index in [1.807, 2.05) is 12.1 Å². The van der Waals surface area contributed by atoms with Gasteiger partial charge >= 0.3 is 12.1 Å². The van der Waals surface area contributed by atoms with Gasteiger partial charge in [-0.15, -0.1) is 0 Å². The summed E-state index contributed by atoms with van der Waals surface area (Å²) in [4.78, 5) is 11.9. The monoisotopic (exact) mass is 649 g/mol. The van der Waals surface area contributed by atoms with Crippen molar-refractivity contribution in [3.8, 4) is 16.9 Å². The first-order chi connectivity index (χ1) is 21.7. The van der Waals surface area contributed by atoms with Crippen molar-refractivity contribution in [3.05, 3.63) is 119 Å². The molecule has 0 radical (unpaired) electrons. The molecule has 1 aliphatic heterocycles. The number of nitrogens with zero attached hydrogens (tertiary/aromatic N) is 1. The van der Waals surface area contributed by atoms with Gasteiger partial charge in [0.2, 0.25) is 15.8 Å². The van der Waals surface area contributed by atoms with Crippen LogP contribution in [0.4, 0.5) is 13.2 Å². The minimum absolute atomic E-state index is 0.0520. The standard InChI is InChI=1S/C35H30F3NO6S/c1-21-11-12-22-7-4-5-10-27(22)32(21)46(42,43)39(19-26-14-16-31(45-26)35(36,37)38)29-20-44-30-18-24(13-15-28(29)30)23-8-6-9-25(17-23)34(2,3)33(40)41/h4-18,29H,19-20H2,1-3H3,(H,40,41). The van der Waals surface area contributed by atoms with Crippen LogP contribution in [0.1, 0.15) is 48.1 Å². The van der Waals surface area contributed by atoms with Crippen LogP contribution in [0, 0.1) is 6.92 Å². The number of halogens is 3. The van der Waals surface area contributed by atoms with Gasteiger partial charge in [-0.2, -0.15) is 17.5 Å². The van der Waals surface area contributed by atoms with Crippen LogP contribution in [0.3, 0.4) is 0 Å². The van der Waals surface area contributed by atoms with Gasteiger partial charge in [0.1, 0.15) is 18.1 Å². The van der Waals surface area contributed by atoms with Crippen molar-refractivity contribution in [2.45, 2.75) is 49.8 Å². The average molecular weight is 650 g/mol. The van der Waals surface area contributed by atoms with E-state index in [4.69, 9.17) is 9.15 Å². The van der Waals surface area contributed by atoms with Crippen LogP contribution in [0.5, 0.6) is 5.75 Å². The van der Waals surface area contributed by atoms with Gasteiger partial charge in [-0.25, -0.2) is 8.42 Å². The molecular formula is C35H30F3NO6S. The fraction of sp³-hybridized carbons (Fsp3) is 0.229. The predicted molar refractivity (Wildman–Crippen MR) is 166 cm³/mol. The largest absolute Gasteiger partial charge is 0.491 e. The van der Waals surface area contributed by atoms with Crippen molar-refractivity contribution in [2.24, 2.45) is 0 Å². The highest BCUT2D eigenvalue weighted by molar-refractivity contribution is 7.89. The molecule has 7 nitrogen and oxygen atoms in total. The summed E-state index contributed by atoms with van der Waals surface area (Å²) in [5.41, 5.74) is 1.97. The molecule has 0 aliphatic carbocycles. The third-order valence-corrected chi connectivity index (χ3v) is 10.5. The summed E-state index contributed by atoms with van der Waals surface area (Å²) in [5.74, 6) is -1.94. The second-order valence-corrected chi connectivity index (χ2v) is 13.7. The van der Waals surface area contributed by atoms with E-state index in [1.54, 1.807) is 87.5 Å². The SMILES string of the molecule is Cc1ccc2ccccc2c1S(=O)(=O)N(Cc1ccc(C(F)(F)F)o1)C1COc2cc(-c3cccc(C(C)(C)C(=O)O)c3)ccc21. The number of fused-ring (bicyclic) bond motifs is 2. The smallest absolute Gasteiger partial charge is 0.449 e. The molecule has 1 N–H and O–H groups in total. The van der Waals surface area contributed by atoms with Gasteiger partial charge < -0.3 is 14.3 Å². The number of aliphatic carboxylic acids is 1. The van der Waals surface area contributed by atoms with Crippen molar-refractivity contribution in [2.75, 3.05) is 6.61 Å². The lowest BCUT2D eigenvalue weighted by Crippen LogP contribution is -2.35. The molecule has 11 heteroatoms. The normalized spacial score (nSPS) is 15.2. The van der Waals surface area contributed by atoms with Crippen molar-refractivity contribution < 1.29 is 40.6 Å². The summed E-state index contributed by atoms with van der Waals surface area (Å²) in [7, 11) is -4.34. The molecular weight excluding hydrogens is 619 g/mol. The van der Waals surface area contributed by atoms with Gasteiger partial charge in [0.05, 0.1) is 22.9 Å². The van der Waals surface area contributed by atoms with Crippen LogP contribution < -0.4 is 4.74 Å². The Kier molecular flexibility index (Phi) is 7.72. The first-order valence-electron chi connectivity index (χ1n) is 14.4. The molecule has 0 saturated carbocycles. The summed E-state index contributed by atoms with van der Waals surface area (Å²) in [6.07, 6.45) is -4.73. The van der Waals surface area contributed by atoms with E-state index in [9.17, 15) is 31.5 Å². The molecule has 0 amide bonds. The number of furan rings is 1. The minimum Gasteiger partial charge on any atom is -0.491 e. The second-order valence-electron chi connectivity index (χ2n) is 11.8. The number of benzene rings is 4. The first-order valence-corrected chi connectivity index (χ1v) is 15.9. The minimum atomic E-state index is -4.73. The van der Waals surface area contributed by atoms with Gasteiger partial charge in [-0.3, -0.25) is 4.79 Å². The third kappa shape index (κ3) is 5.54. The Morgan fingerprint density at radius 3 is 2.39 bits per heavy atom. The van der Waals surface area contributed by atoms with Gasteiger partial charge in [-0.1, -0.05) is 72.8 Å². The molecule has 5 aromatic rings. The average Bonchev–Trinajstić information content (AvgIpc) is 3.67. The van der Waals surface area contributed by atoms with Gasteiger partial charge in [0.25, 0.3) is 0 Å². The van der Waals surface area contributed by atoms with E-state index >= 15 is 0 Å². The molecule has 0 bridgehead atoms. The molecule has 1 aliphatic rings. The third-order valence-electron chi connectivity index (χ3n) is 8.47. The molecule has 238 valence electrons. The van der Waals surface area contributed by atoms with E-state index in [0.717, 1.165) is 27.6 Å². The number of carboxylic acids is 1. The molecule has 1 atom stereocenters. The molecule has 2 heterocycles. The second kappa shape index (κ2) is 11.3. The van der Waals surface area contributed by atoms with E-state index < -0.39 is 45.9 Å². The van der Waals surface area contributed by atoms with E-state index in [0.29, 0.717) is 33.2 Å². The van der Waals surface area contributed by atoms with Crippen LogP contribution in [0.25, 0.3) is 21.9 Å². The van der Waals surface area contributed by atoms with Crippen LogP contribution in [0.2, 0.25) is 0 Å². The Hall–Kier alpha value is -4.61. The number of hydrogen-bond donors (Lipinski definition) is 1. The first kappa shape index (κ1) is 31.4. The highest BCUT2D eigenvalue weighted by atomic mass is 32.2. The quantitative estimate of drug-likeness (QED) is 0.182. The Morgan fingerprint density at radius 1 is 0.935 bits per heavy atom. The molecule has 46 heavy (non-hydrogen) atoms. The van der Waals surface area contributed by atoms with Crippen LogP contribution in [-0.2, 0) is 33.0 Å². The van der Waals surface area contributed by atoms with Crippen molar-refractivity contribution in [3.63, 3.8) is 0 Å². The topological polar surface area (TPSA) is 97.0 Å². The van der Waals surface area contributed by atoms with E-state index in [-0.39, 0.29) is 17.3 Å². The van der Waals surface area contributed by atoms with E-state index in [2.05, 4.69) is 0 Å². The zero-order valence-corrected chi connectivity index (χ0v) is 25.9. The molecule has 6 rings (SSSR count). The summed E-state index contributed by atoms with van der Waals surface area (Å²) in [5, 5.41) is 10.9. The van der Waals surface area contributed by atoms with Crippen LogP contribution in [-0.4, -0.2) is 30.4 Å². The Balaban J connectivity index is 1.44. The van der Waals surface area contributed by atoms with E-state index in [1.165, 1.54) is 0 Å². The van der Waals surface area contributed by atoms with Gasteiger partial charge in [0, 0.05) is 10.9 Å². The van der Waals surface area contributed by atoms with Gasteiger partial charge in [-0.05, 0) is 66.6 Å². The zero-order chi connectivity index (χ0) is 33.0. The highest BCUT2D eigenvalue weighted by Crippen LogP contribution is 2.43. The number of ether oxygens (including phenoxy) is 1. The lowest BCUT2D eigenvalue weighted by atomic mass is 9.83. The van der Waals surface area contributed by atoms with Crippen molar-refractivity contribution in [1.29, 1.82) is 0 Å². The highest BCUT2D eigenvalue weighted by Gasteiger charge is 2.41. The maximum absolute atomic E-state index is 14.6. The number of carbonyl (C=O) groups is 1. The van der Waals surface area contributed by atoms with Crippen LogP contribution in [0.15, 0.2) is 100 Å². The summed E-state index contributed by atoms with van der Waals surface area (Å²) in [6.45, 7) is 4.36. The Labute approximate surface area is 263 Å². The molecule has 0 fully saturated rings. The number of aryl methyl sites for hydroxylation is 1. The van der Waals surface area contributed by atoms with Gasteiger partial charge in [0.15, 0.2) is 0 Å². The Morgan fingerprint density at radius 2 is 1.67 bits per heavy atom. The summed E-state index contributed by atoms with van der Waals surface area (Å²) >= 11 is 0. The maximum Gasteiger partial charge on any atom is 0.449 e. The molecule has 1 aromatic heterocycles. The lowest BCUT2D eigenvalue weighted by molar-refractivity contribution is -0.153. The molecule has 1 unspecified atom stereocenters. The predicted octanol–water partition coefficient (Wildman–Crippen LogP) is 8.11. The Bertz CT molecular complexity index is 2080. The number of hydrogen-bond acceptors (Lipinski definition) is 5. The number of alkyl halides is 3. The number of sulfonamides is 1. The van der Waals surface area contributed by atoms with Crippen molar-refractivity contribution >= 4 is 26.8 Å². The summed E-state index contributed by atoms with van der Waals surface area (Å²) < 4.78 is 81.7. The fourth-order valence-electron chi connectivity index (χ4n) is 5.77. The van der Waals surface area contributed by atoms with Crippen molar-refractivity contribution in [1.82, 2.24) is 4.31 Å². The molecule has 0 spiro atoms. The molecule has 4 aromatic carbocycles. The summed E-state index contributed by atoms with van der Waals surface area (Å²) in [6, 6.07) is 24.0. The molecule has 0 saturated heterocycles. The maximum atomic E-state index is 14.6. The number of rotatable bonds is 8.